The molecule has 4 heteroatoms. The highest BCUT2D eigenvalue weighted by Gasteiger charge is 2.19. The van der Waals surface area contributed by atoms with Gasteiger partial charge in [-0.1, -0.05) is 24.3 Å². The second-order valence-corrected chi connectivity index (χ2v) is 7.32. The minimum absolute atomic E-state index is 0.487. The molecule has 18 heavy (non-hydrogen) atoms. The molecule has 0 aliphatic carbocycles. The molecule has 2 aromatic rings. The van der Waals surface area contributed by atoms with Crippen molar-refractivity contribution >= 4 is 39.0 Å². The lowest BCUT2D eigenvalue weighted by molar-refractivity contribution is 0.579. The van der Waals surface area contributed by atoms with Gasteiger partial charge >= 0.3 is 0 Å². The Bertz CT molecular complexity index is 538. The number of benzene rings is 1. The maximum Gasteiger partial charge on any atom is 0.0417 e. The van der Waals surface area contributed by atoms with Gasteiger partial charge in [-0.05, 0) is 33.1 Å². The van der Waals surface area contributed by atoms with Crippen molar-refractivity contribution in [1.29, 1.82) is 0 Å². The Labute approximate surface area is 124 Å². The maximum absolute atomic E-state index is 3.68. The molecule has 0 saturated heterocycles. The fourth-order valence-corrected chi connectivity index (χ4v) is 4.76. The SMILES string of the molecule is Brc1csc(CNC2CSCc3ccccc32)c1. The molecule has 1 aliphatic rings. The number of fused-ring (bicyclic) bond motifs is 1. The van der Waals surface area contributed by atoms with E-state index in [1.165, 1.54) is 26.2 Å². The molecule has 1 aromatic carbocycles. The van der Waals surface area contributed by atoms with Crippen molar-refractivity contribution in [2.24, 2.45) is 0 Å². The first-order valence-electron chi connectivity index (χ1n) is 5.95. The van der Waals surface area contributed by atoms with Crippen molar-refractivity contribution in [1.82, 2.24) is 5.32 Å². The van der Waals surface area contributed by atoms with Crippen LogP contribution in [0.1, 0.15) is 22.0 Å². The minimum atomic E-state index is 0.487. The fourth-order valence-electron chi connectivity index (χ4n) is 2.22. The largest absolute Gasteiger partial charge is 0.304 e. The van der Waals surface area contributed by atoms with Gasteiger partial charge in [0.2, 0.25) is 0 Å². The molecule has 0 saturated carbocycles. The first-order chi connectivity index (χ1) is 8.83. The molecule has 3 rings (SSSR count). The van der Waals surface area contributed by atoms with Gasteiger partial charge in [0.15, 0.2) is 0 Å². The van der Waals surface area contributed by atoms with E-state index in [-0.39, 0.29) is 0 Å². The molecule has 1 atom stereocenters. The third kappa shape index (κ3) is 2.82. The maximum atomic E-state index is 3.68. The number of nitrogens with one attached hydrogen (secondary N) is 1. The highest BCUT2D eigenvalue weighted by atomic mass is 79.9. The van der Waals surface area contributed by atoms with Gasteiger partial charge in [0.05, 0.1) is 0 Å². The van der Waals surface area contributed by atoms with Crippen LogP contribution in [0.5, 0.6) is 0 Å². The van der Waals surface area contributed by atoms with E-state index in [4.69, 9.17) is 0 Å². The van der Waals surface area contributed by atoms with Gasteiger partial charge < -0.3 is 5.32 Å². The summed E-state index contributed by atoms with van der Waals surface area (Å²) < 4.78 is 1.18. The van der Waals surface area contributed by atoms with Crippen molar-refractivity contribution in [2.45, 2.75) is 18.3 Å². The quantitative estimate of drug-likeness (QED) is 0.877. The second-order valence-electron chi connectivity index (χ2n) is 4.38. The first-order valence-corrected chi connectivity index (χ1v) is 8.77. The van der Waals surface area contributed by atoms with Gasteiger partial charge in [0, 0.05) is 38.8 Å². The van der Waals surface area contributed by atoms with E-state index in [0.717, 1.165) is 12.3 Å². The van der Waals surface area contributed by atoms with Crippen LogP contribution in [0.4, 0.5) is 0 Å². The summed E-state index contributed by atoms with van der Waals surface area (Å²) in [6.45, 7) is 0.954. The Hall–Kier alpha value is -0.290. The lowest BCUT2D eigenvalue weighted by atomic mass is 10.0. The van der Waals surface area contributed by atoms with Crippen LogP contribution in [0.25, 0.3) is 0 Å². The predicted octanol–water partition coefficient (Wildman–Crippen LogP) is 4.59. The Morgan fingerprint density at radius 1 is 1.33 bits per heavy atom. The number of hydrogen-bond donors (Lipinski definition) is 1. The Balaban J connectivity index is 1.71. The highest BCUT2D eigenvalue weighted by molar-refractivity contribution is 9.10. The summed E-state index contributed by atoms with van der Waals surface area (Å²) in [5.74, 6) is 2.32. The summed E-state index contributed by atoms with van der Waals surface area (Å²) in [6.07, 6.45) is 0. The summed E-state index contributed by atoms with van der Waals surface area (Å²) in [5, 5.41) is 5.82. The second kappa shape index (κ2) is 5.78. The van der Waals surface area contributed by atoms with E-state index in [9.17, 15) is 0 Å². The summed E-state index contributed by atoms with van der Waals surface area (Å²) in [5.41, 5.74) is 2.96. The van der Waals surface area contributed by atoms with E-state index < -0.39 is 0 Å². The molecule has 1 unspecified atom stereocenters. The predicted molar refractivity (Wildman–Crippen MR) is 84.2 cm³/mol. The highest BCUT2D eigenvalue weighted by Crippen LogP contribution is 2.32. The first kappa shape index (κ1) is 12.7. The molecule has 94 valence electrons. The van der Waals surface area contributed by atoms with Gasteiger partial charge in [-0.25, -0.2) is 0 Å². The van der Waals surface area contributed by atoms with E-state index in [1.54, 1.807) is 11.3 Å². The third-order valence-corrected chi connectivity index (χ3v) is 5.90. The van der Waals surface area contributed by atoms with Crippen molar-refractivity contribution in [3.05, 3.63) is 56.2 Å². The van der Waals surface area contributed by atoms with Crippen LogP contribution in [0, 0.1) is 0 Å². The molecule has 0 amide bonds. The lowest BCUT2D eigenvalue weighted by Gasteiger charge is -2.26. The Morgan fingerprint density at radius 3 is 3.06 bits per heavy atom. The van der Waals surface area contributed by atoms with Crippen LogP contribution < -0.4 is 5.32 Å². The fraction of sp³-hybridized carbons (Fsp3) is 0.286. The number of thiophene rings is 1. The molecular formula is C14H14BrNS2. The Morgan fingerprint density at radius 2 is 2.22 bits per heavy atom. The molecule has 0 fully saturated rings. The van der Waals surface area contributed by atoms with Gasteiger partial charge in [0.25, 0.3) is 0 Å². The molecule has 0 radical (unpaired) electrons. The topological polar surface area (TPSA) is 12.0 Å². The molecule has 1 N–H and O–H groups in total. The van der Waals surface area contributed by atoms with Crippen molar-refractivity contribution in [2.75, 3.05) is 5.75 Å². The molecule has 0 spiro atoms. The monoisotopic (exact) mass is 339 g/mol. The van der Waals surface area contributed by atoms with Crippen molar-refractivity contribution in [3.63, 3.8) is 0 Å². The van der Waals surface area contributed by atoms with Gasteiger partial charge in [-0.15, -0.1) is 11.3 Å². The smallest absolute Gasteiger partial charge is 0.0417 e. The summed E-state index contributed by atoms with van der Waals surface area (Å²) in [6, 6.07) is 11.5. The third-order valence-electron chi connectivity index (χ3n) is 3.12. The Kier molecular flexibility index (Phi) is 4.09. The lowest BCUT2D eigenvalue weighted by Crippen LogP contribution is -2.25. The van der Waals surface area contributed by atoms with Crippen molar-refractivity contribution in [3.8, 4) is 0 Å². The molecule has 2 heterocycles. The standard InChI is InChI=1S/C14H14BrNS2/c15-11-5-12(18-8-11)6-16-14-9-17-7-10-3-1-2-4-13(10)14/h1-5,8,14,16H,6-7,9H2. The normalized spacial score (nSPS) is 18.6. The number of thioether (sulfide) groups is 1. The average molecular weight is 340 g/mol. The number of halogens is 1. The van der Waals surface area contributed by atoms with E-state index in [1.807, 2.05) is 11.8 Å². The average Bonchev–Trinajstić information content (AvgIpc) is 2.82. The van der Waals surface area contributed by atoms with Crippen LogP contribution in [-0.4, -0.2) is 5.75 Å². The van der Waals surface area contributed by atoms with Crippen LogP contribution in [0.3, 0.4) is 0 Å². The summed E-state index contributed by atoms with van der Waals surface area (Å²) >= 11 is 7.32. The van der Waals surface area contributed by atoms with Crippen LogP contribution in [0.15, 0.2) is 40.2 Å². The van der Waals surface area contributed by atoms with E-state index in [2.05, 4.69) is 57.0 Å². The number of hydrogen-bond acceptors (Lipinski definition) is 3. The molecular weight excluding hydrogens is 326 g/mol. The zero-order chi connectivity index (χ0) is 12.4. The molecule has 1 aromatic heterocycles. The van der Waals surface area contributed by atoms with Crippen LogP contribution in [0.2, 0.25) is 0 Å². The van der Waals surface area contributed by atoms with Gasteiger partial charge in [-0.2, -0.15) is 11.8 Å². The van der Waals surface area contributed by atoms with Gasteiger partial charge in [-0.3, -0.25) is 0 Å². The number of rotatable bonds is 3. The molecule has 1 nitrogen and oxygen atoms in total. The van der Waals surface area contributed by atoms with E-state index >= 15 is 0 Å². The van der Waals surface area contributed by atoms with Crippen LogP contribution in [-0.2, 0) is 12.3 Å². The summed E-state index contributed by atoms with van der Waals surface area (Å²) in [4.78, 5) is 1.38. The van der Waals surface area contributed by atoms with Gasteiger partial charge in [0.1, 0.15) is 0 Å². The molecule has 1 aliphatic heterocycles. The van der Waals surface area contributed by atoms with Crippen molar-refractivity contribution < 1.29 is 0 Å². The van der Waals surface area contributed by atoms with E-state index in [0.29, 0.717) is 6.04 Å². The zero-order valence-corrected chi connectivity index (χ0v) is 13.1. The molecule has 0 bridgehead atoms. The summed E-state index contributed by atoms with van der Waals surface area (Å²) in [7, 11) is 0. The van der Waals surface area contributed by atoms with Crippen LogP contribution >= 0.6 is 39.0 Å². The minimum Gasteiger partial charge on any atom is -0.304 e. The zero-order valence-electron chi connectivity index (χ0n) is 9.86.